The fourth-order valence-electron chi connectivity index (χ4n) is 2.06. The van der Waals surface area contributed by atoms with E-state index in [0.717, 1.165) is 10.0 Å². The Balaban J connectivity index is 1.76. The summed E-state index contributed by atoms with van der Waals surface area (Å²) in [6.45, 7) is 3.41. The summed E-state index contributed by atoms with van der Waals surface area (Å²) in [7, 11) is 0. The van der Waals surface area contributed by atoms with Crippen LogP contribution in [0.25, 0.3) is 0 Å². The minimum absolute atomic E-state index is 0.0513. The number of nitrogens with zero attached hydrogens (tertiary/aromatic N) is 1. The van der Waals surface area contributed by atoms with Crippen molar-refractivity contribution in [1.82, 2.24) is 5.43 Å². The molecule has 0 aromatic heterocycles. The van der Waals surface area contributed by atoms with Gasteiger partial charge >= 0.3 is 0 Å². The minimum Gasteiger partial charge on any atom is -0.484 e. The Morgan fingerprint density at radius 1 is 1.15 bits per heavy atom. The Morgan fingerprint density at radius 3 is 2.52 bits per heavy atom. The number of hydrogen-bond acceptors (Lipinski definition) is 4. The molecule has 2 rings (SSSR count). The van der Waals surface area contributed by atoms with E-state index in [2.05, 4.69) is 31.8 Å². The second kappa shape index (κ2) is 10.1. The molecule has 142 valence electrons. The van der Waals surface area contributed by atoms with E-state index in [1.54, 1.807) is 37.3 Å². The highest BCUT2D eigenvalue weighted by Crippen LogP contribution is 2.21. The molecule has 0 spiro atoms. The molecule has 0 unspecified atom stereocenters. The fourth-order valence-corrected chi connectivity index (χ4v) is 2.43. The number of hydrogen-bond donors (Lipinski definition) is 2. The SMILES string of the molecule is C/C(CC(=O)Nc1ccc(Cl)cc1)=N\NC(=O)COc1ccc(Br)c(C)c1. The van der Waals surface area contributed by atoms with E-state index in [4.69, 9.17) is 16.3 Å². The van der Waals surface area contributed by atoms with Crippen molar-refractivity contribution in [3.8, 4) is 5.75 Å². The quantitative estimate of drug-likeness (QED) is 0.485. The lowest BCUT2D eigenvalue weighted by Gasteiger charge is -2.08. The molecule has 0 aliphatic heterocycles. The highest BCUT2D eigenvalue weighted by atomic mass is 79.9. The molecule has 0 aliphatic rings. The van der Waals surface area contributed by atoms with Crippen LogP contribution in [-0.4, -0.2) is 24.1 Å². The lowest BCUT2D eigenvalue weighted by Crippen LogP contribution is -2.26. The molecule has 8 heteroatoms. The van der Waals surface area contributed by atoms with Gasteiger partial charge in [0.2, 0.25) is 5.91 Å². The molecule has 0 bridgehead atoms. The van der Waals surface area contributed by atoms with Gasteiger partial charge in [0.1, 0.15) is 5.75 Å². The Bertz CT molecular complexity index is 854. The lowest BCUT2D eigenvalue weighted by atomic mass is 10.2. The van der Waals surface area contributed by atoms with Crippen LogP contribution < -0.4 is 15.5 Å². The Hall–Kier alpha value is -2.38. The van der Waals surface area contributed by atoms with E-state index in [-0.39, 0.29) is 18.9 Å². The van der Waals surface area contributed by atoms with Gasteiger partial charge in [-0.25, -0.2) is 5.43 Å². The van der Waals surface area contributed by atoms with Gasteiger partial charge in [0, 0.05) is 20.9 Å². The van der Waals surface area contributed by atoms with E-state index in [1.165, 1.54) is 0 Å². The third-order valence-corrected chi connectivity index (χ3v) is 4.56. The monoisotopic (exact) mass is 451 g/mol. The summed E-state index contributed by atoms with van der Waals surface area (Å²) < 4.78 is 6.38. The first-order chi connectivity index (χ1) is 12.8. The number of hydrazone groups is 1. The summed E-state index contributed by atoms with van der Waals surface area (Å²) in [5.41, 5.74) is 4.49. The normalized spacial score (nSPS) is 11.0. The zero-order chi connectivity index (χ0) is 19.8. The van der Waals surface area contributed by atoms with Gasteiger partial charge < -0.3 is 10.1 Å². The van der Waals surface area contributed by atoms with Crippen molar-refractivity contribution in [2.45, 2.75) is 20.3 Å². The van der Waals surface area contributed by atoms with Crippen LogP contribution in [0.15, 0.2) is 52.0 Å². The molecule has 6 nitrogen and oxygen atoms in total. The van der Waals surface area contributed by atoms with Crippen LogP contribution in [0.2, 0.25) is 5.02 Å². The number of nitrogens with one attached hydrogen (secondary N) is 2. The van der Waals surface area contributed by atoms with Crippen molar-refractivity contribution in [2.75, 3.05) is 11.9 Å². The maximum absolute atomic E-state index is 12.0. The van der Waals surface area contributed by atoms with Crippen LogP contribution in [-0.2, 0) is 9.59 Å². The van der Waals surface area contributed by atoms with Crippen molar-refractivity contribution < 1.29 is 14.3 Å². The number of anilines is 1. The van der Waals surface area contributed by atoms with Crippen molar-refractivity contribution in [2.24, 2.45) is 5.10 Å². The number of carbonyl (C=O) groups excluding carboxylic acids is 2. The van der Waals surface area contributed by atoms with Crippen LogP contribution in [0.4, 0.5) is 5.69 Å². The topological polar surface area (TPSA) is 79.8 Å². The van der Waals surface area contributed by atoms with Crippen molar-refractivity contribution in [3.63, 3.8) is 0 Å². The summed E-state index contributed by atoms with van der Waals surface area (Å²) in [6, 6.07) is 12.2. The molecule has 0 heterocycles. The standard InChI is InChI=1S/C19H19BrClN3O3/c1-12-9-16(7-8-17(12)20)27-11-19(26)24-23-13(2)10-18(25)22-15-5-3-14(21)4-6-15/h3-9H,10-11H2,1-2H3,(H,22,25)(H,24,26)/b23-13+. The summed E-state index contributed by atoms with van der Waals surface area (Å²) >= 11 is 9.20. The van der Waals surface area contributed by atoms with E-state index in [1.807, 2.05) is 19.1 Å². The van der Waals surface area contributed by atoms with E-state index >= 15 is 0 Å². The molecule has 2 aromatic rings. The number of ether oxygens (including phenoxy) is 1. The van der Waals surface area contributed by atoms with Crippen LogP contribution in [0.1, 0.15) is 18.9 Å². The van der Waals surface area contributed by atoms with Gasteiger partial charge in [-0.15, -0.1) is 0 Å². The molecular weight excluding hydrogens is 434 g/mol. The van der Waals surface area contributed by atoms with Gasteiger partial charge in [-0.05, 0) is 61.9 Å². The predicted molar refractivity (Wildman–Crippen MR) is 110 cm³/mol. The fraction of sp³-hybridized carbons (Fsp3) is 0.211. The minimum atomic E-state index is -0.409. The van der Waals surface area contributed by atoms with Gasteiger partial charge in [-0.3, -0.25) is 9.59 Å². The number of halogens is 2. The molecule has 2 amide bonds. The number of rotatable bonds is 7. The summed E-state index contributed by atoms with van der Waals surface area (Å²) in [5.74, 6) is -0.0589. The highest BCUT2D eigenvalue weighted by molar-refractivity contribution is 9.10. The van der Waals surface area contributed by atoms with Gasteiger partial charge in [-0.2, -0.15) is 5.10 Å². The zero-order valence-electron chi connectivity index (χ0n) is 14.9. The van der Waals surface area contributed by atoms with Crippen molar-refractivity contribution in [1.29, 1.82) is 0 Å². The third kappa shape index (κ3) is 7.40. The molecule has 0 saturated carbocycles. The van der Waals surface area contributed by atoms with E-state index in [9.17, 15) is 9.59 Å². The maximum atomic E-state index is 12.0. The van der Waals surface area contributed by atoms with Gasteiger partial charge in [0.15, 0.2) is 6.61 Å². The van der Waals surface area contributed by atoms with Crippen LogP contribution in [0, 0.1) is 6.92 Å². The lowest BCUT2D eigenvalue weighted by molar-refractivity contribution is -0.123. The average molecular weight is 453 g/mol. The molecule has 2 N–H and O–H groups in total. The Kier molecular flexibility index (Phi) is 7.82. The number of amides is 2. The van der Waals surface area contributed by atoms with Crippen molar-refractivity contribution >= 4 is 50.7 Å². The highest BCUT2D eigenvalue weighted by Gasteiger charge is 2.07. The molecule has 0 fully saturated rings. The van der Waals surface area contributed by atoms with Crippen LogP contribution in [0.3, 0.4) is 0 Å². The molecular formula is C19H19BrClN3O3. The Labute approximate surface area is 171 Å². The molecule has 0 atom stereocenters. The van der Waals surface area contributed by atoms with E-state index < -0.39 is 5.91 Å². The van der Waals surface area contributed by atoms with Crippen molar-refractivity contribution in [3.05, 3.63) is 57.5 Å². The first kappa shape index (κ1) is 20.9. The maximum Gasteiger partial charge on any atom is 0.277 e. The Morgan fingerprint density at radius 2 is 1.85 bits per heavy atom. The first-order valence-electron chi connectivity index (χ1n) is 8.10. The van der Waals surface area contributed by atoms with E-state index in [0.29, 0.717) is 22.2 Å². The molecule has 0 radical (unpaired) electrons. The zero-order valence-corrected chi connectivity index (χ0v) is 17.2. The van der Waals surface area contributed by atoms with Crippen LogP contribution in [0.5, 0.6) is 5.75 Å². The molecule has 0 aliphatic carbocycles. The molecule has 2 aromatic carbocycles. The van der Waals surface area contributed by atoms with Gasteiger partial charge in [0.25, 0.3) is 5.91 Å². The third-order valence-electron chi connectivity index (χ3n) is 3.42. The van der Waals surface area contributed by atoms with Crippen LogP contribution >= 0.6 is 27.5 Å². The smallest absolute Gasteiger partial charge is 0.277 e. The summed E-state index contributed by atoms with van der Waals surface area (Å²) in [6.07, 6.45) is 0.0513. The second-order valence-electron chi connectivity index (χ2n) is 5.81. The average Bonchev–Trinajstić information content (AvgIpc) is 2.63. The summed E-state index contributed by atoms with van der Waals surface area (Å²) in [4.78, 5) is 23.8. The number of benzene rings is 2. The van der Waals surface area contributed by atoms with Gasteiger partial charge in [0.05, 0.1) is 6.42 Å². The second-order valence-corrected chi connectivity index (χ2v) is 7.10. The predicted octanol–water partition coefficient (Wildman–Crippen LogP) is 4.31. The largest absolute Gasteiger partial charge is 0.484 e. The summed E-state index contributed by atoms with van der Waals surface area (Å²) in [5, 5.41) is 7.23. The molecule has 0 saturated heterocycles. The number of aryl methyl sites for hydroxylation is 1. The first-order valence-corrected chi connectivity index (χ1v) is 9.27. The number of carbonyl (C=O) groups is 2. The molecule has 27 heavy (non-hydrogen) atoms. The van der Waals surface area contributed by atoms with Gasteiger partial charge in [-0.1, -0.05) is 27.5 Å².